The first-order valence-corrected chi connectivity index (χ1v) is 7.23. The van der Waals surface area contributed by atoms with Crippen LogP contribution in [-0.4, -0.2) is 42.4 Å². The number of hydrogen-bond acceptors (Lipinski definition) is 5. The second-order valence-electron chi connectivity index (χ2n) is 4.61. The number of nitrogens with zero attached hydrogens (tertiary/aromatic N) is 1. The van der Waals surface area contributed by atoms with Crippen LogP contribution in [0.4, 0.5) is 0 Å². The number of ether oxygens (including phenoxy) is 1. The highest BCUT2D eigenvalue weighted by molar-refractivity contribution is 7.11. The van der Waals surface area contributed by atoms with E-state index in [0.717, 1.165) is 0 Å². The molecule has 0 aromatic carbocycles. The molecule has 1 fully saturated rings. The molecule has 2 rings (SSSR count). The molecule has 2 heterocycles. The molecule has 1 aliphatic heterocycles. The van der Waals surface area contributed by atoms with Crippen LogP contribution in [0.2, 0.25) is 0 Å². The first-order valence-electron chi connectivity index (χ1n) is 6.35. The fraction of sp³-hybridized carbons (Fsp3) is 0.462. The molecule has 108 valence electrons. The van der Waals surface area contributed by atoms with Crippen LogP contribution in [0.25, 0.3) is 0 Å². The number of esters is 1. The number of likely N-dealkylation sites (tertiary alicyclic amines) is 1. The number of rotatable bonds is 4. The molecule has 1 aromatic rings. The SMILES string of the molecule is NC(=O)C1CCN(C(=O)COC(=O)c2cccs2)CC1. The highest BCUT2D eigenvalue weighted by Gasteiger charge is 2.26. The minimum atomic E-state index is -0.486. The number of carbonyl (C=O) groups is 3. The van der Waals surface area contributed by atoms with Crippen molar-refractivity contribution in [3.8, 4) is 0 Å². The molecule has 0 unspecified atom stereocenters. The number of hydrogen-bond donors (Lipinski definition) is 1. The summed E-state index contributed by atoms with van der Waals surface area (Å²) in [7, 11) is 0. The summed E-state index contributed by atoms with van der Waals surface area (Å²) in [6.07, 6.45) is 1.14. The molecule has 1 saturated heterocycles. The number of amides is 2. The van der Waals surface area contributed by atoms with Gasteiger partial charge in [-0.2, -0.15) is 0 Å². The molecule has 1 aliphatic rings. The van der Waals surface area contributed by atoms with Crippen LogP contribution in [0.1, 0.15) is 22.5 Å². The average Bonchev–Trinajstić information content (AvgIpc) is 2.98. The van der Waals surface area contributed by atoms with Crippen molar-refractivity contribution in [2.45, 2.75) is 12.8 Å². The van der Waals surface area contributed by atoms with Gasteiger partial charge in [0, 0.05) is 19.0 Å². The first-order chi connectivity index (χ1) is 9.58. The van der Waals surface area contributed by atoms with E-state index in [0.29, 0.717) is 30.8 Å². The molecule has 1 aromatic heterocycles. The second-order valence-corrected chi connectivity index (χ2v) is 5.56. The van der Waals surface area contributed by atoms with Crippen LogP contribution >= 0.6 is 11.3 Å². The predicted octanol–water partition coefficient (Wildman–Crippen LogP) is 0.629. The summed E-state index contributed by atoms with van der Waals surface area (Å²) in [5.41, 5.74) is 5.23. The van der Waals surface area contributed by atoms with Crippen LogP contribution in [0.3, 0.4) is 0 Å². The van der Waals surface area contributed by atoms with Crippen LogP contribution in [-0.2, 0) is 14.3 Å². The summed E-state index contributed by atoms with van der Waals surface area (Å²) in [5.74, 6) is -1.20. The van der Waals surface area contributed by atoms with Crippen molar-refractivity contribution in [2.75, 3.05) is 19.7 Å². The first kappa shape index (κ1) is 14.5. The molecule has 0 aliphatic carbocycles. The van der Waals surface area contributed by atoms with E-state index in [9.17, 15) is 14.4 Å². The molecule has 20 heavy (non-hydrogen) atoms. The third kappa shape index (κ3) is 3.57. The maximum absolute atomic E-state index is 11.9. The van der Waals surface area contributed by atoms with Gasteiger partial charge in [-0.3, -0.25) is 9.59 Å². The average molecular weight is 296 g/mol. The Morgan fingerprint density at radius 1 is 1.35 bits per heavy atom. The second kappa shape index (κ2) is 6.51. The molecule has 0 saturated carbocycles. The molecule has 2 amide bonds. The van der Waals surface area contributed by atoms with Crippen molar-refractivity contribution >= 4 is 29.1 Å². The molecule has 0 atom stereocenters. The lowest BCUT2D eigenvalue weighted by molar-refractivity contribution is -0.137. The van der Waals surface area contributed by atoms with Gasteiger partial charge in [0.25, 0.3) is 5.91 Å². The fourth-order valence-electron chi connectivity index (χ4n) is 2.10. The lowest BCUT2D eigenvalue weighted by atomic mass is 9.96. The summed E-state index contributed by atoms with van der Waals surface area (Å²) >= 11 is 1.27. The number of carbonyl (C=O) groups excluding carboxylic acids is 3. The predicted molar refractivity (Wildman–Crippen MR) is 73.1 cm³/mol. The number of thiophene rings is 1. The molecule has 7 heteroatoms. The Morgan fingerprint density at radius 2 is 2.05 bits per heavy atom. The molecular formula is C13H16N2O4S. The summed E-state index contributed by atoms with van der Waals surface area (Å²) in [4.78, 5) is 36.6. The van der Waals surface area contributed by atoms with Crippen LogP contribution in [0.15, 0.2) is 17.5 Å². The lowest BCUT2D eigenvalue weighted by Crippen LogP contribution is -2.43. The zero-order valence-electron chi connectivity index (χ0n) is 10.9. The normalized spacial score (nSPS) is 15.9. The van der Waals surface area contributed by atoms with Crippen molar-refractivity contribution in [3.05, 3.63) is 22.4 Å². The van der Waals surface area contributed by atoms with Gasteiger partial charge < -0.3 is 15.4 Å². The van der Waals surface area contributed by atoms with E-state index in [1.54, 1.807) is 22.4 Å². The van der Waals surface area contributed by atoms with E-state index in [1.165, 1.54) is 11.3 Å². The van der Waals surface area contributed by atoms with Gasteiger partial charge >= 0.3 is 5.97 Å². The maximum atomic E-state index is 11.9. The Hall–Kier alpha value is -1.89. The van der Waals surface area contributed by atoms with E-state index in [4.69, 9.17) is 10.5 Å². The zero-order chi connectivity index (χ0) is 14.5. The summed E-state index contributed by atoms with van der Waals surface area (Å²) in [6.45, 7) is 0.684. The van der Waals surface area contributed by atoms with E-state index < -0.39 is 5.97 Å². The fourth-order valence-corrected chi connectivity index (χ4v) is 2.71. The molecule has 0 spiro atoms. The minimum absolute atomic E-state index is 0.160. The van der Waals surface area contributed by atoms with Crippen molar-refractivity contribution in [1.82, 2.24) is 4.90 Å². The molecule has 2 N–H and O–H groups in total. The monoisotopic (exact) mass is 296 g/mol. The quantitative estimate of drug-likeness (QED) is 0.825. The van der Waals surface area contributed by atoms with E-state index >= 15 is 0 Å². The maximum Gasteiger partial charge on any atom is 0.348 e. The van der Waals surface area contributed by atoms with Gasteiger partial charge in [0.05, 0.1) is 0 Å². The van der Waals surface area contributed by atoms with Crippen LogP contribution in [0.5, 0.6) is 0 Å². The smallest absolute Gasteiger partial charge is 0.348 e. The van der Waals surface area contributed by atoms with Crippen molar-refractivity contribution in [2.24, 2.45) is 11.7 Å². The number of primary amides is 1. The van der Waals surface area contributed by atoms with E-state index in [1.807, 2.05) is 0 Å². The van der Waals surface area contributed by atoms with Crippen molar-refractivity contribution < 1.29 is 19.1 Å². The molecular weight excluding hydrogens is 280 g/mol. The van der Waals surface area contributed by atoms with Gasteiger partial charge in [-0.25, -0.2) is 4.79 Å². The van der Waals surface area contributed by atoms with Crippen LogP contribution in [0, 0.1) is 5.92 Å². The lowest BCUT2D eigenvalue weighted by Gasteiger charge is -2.30. The van der Waals surface area contributed by atoms with Gasteiger partial charge in [0.1, 0.15) is 4.88 Å². The number of nitrogens with two attached hydrogens (primary N) is 1. The van der Waals surface area contributed by atoms with Gasteiger partial charge in [-0.15, -0.1) is 11.3 Å². The van der Waals surface area contributed by atoms with Gasteiger partial charge in [-0.1, -0.05) is 6.07 Å². The van der Waals surface area contributed by atoms with Gasteiger partial charge in [-0.05, 0) is 24.3 Å². The number of piperidine rings is 1. The molecule has 0 radical (unpaired) electrons. The Balaban J connectivity index is 1.76. The third-order valence-electron chi connectivity index (χ3n) is 3.30. The molecule has 6 nitrogen and oxygen atoms in total. The molecule has 0 bridgehead atoms. The van der Waals surface area contributed by atoms with E-state index in [-0.39, 0.29) is 24.3 Å². The minimum Gasteiger partial charge on any atom is -0.451 e. The zero-order valence-corrected chi connectivity index (χ0v) is 11.7. The largest absolute Gasteiger partial charge is 0.451 e. The van der Waals surface area contributed by atoms with Crippen molar-refractivity contribution in [1.29, 1.82) is 0 Å². The third-order valence-corrected chi connectivity index (χ3v) is 4.15. The van der Waals surface area contributed by atoms with E-state index in [2.05, 4.69) is 0 Å². The summed E-state index contributed by atoms with van der Waals surface area (Å²) < 4.78 is 4.96. The van der Waals surface area contributed by atoms with Crippen LogP contribution < -0.4 is 5.73 Å². The topological polar surface area (TPSA) is 89.7 Å². The standard InChI is InChI=1S/C13H16N2O4S/c14-12(17)9-3-5-15(6-4-9)11(16)8-19-13(18)10-2-1-7-20-10/h1-2,7,9H,3-6,8H2,(H2,14,17). The Kier molecular flexibility index (Phi) is 4.73. The summed E-state index contributed by atoms with van der Waals surface area (Å²) in [5, 5.41) is 1.77. The van der Waals surface area contributed by atoms with Crippen molar-refractivity contribution in [3.63, 3.8) is 0 Å². The highest BCUT2D eigenvalue weighted by Crippen LogP contribution is 2.17. The van der Waals surface area contributed by atoms with Gasteiger partial charge in [0.2, 0.25) is 5.91 Å². The Morgan fingerprint density at radius 3 is 2.60 bits per heavy atom. The summed E-state index contributed by atoms with van der Waals surface area (Å²) in [6, 6.07) is 3.40. The highest BCUT2D eigenvalue weighted by atomic mass is 32.1. The Bertz CT molecular complexity index is 492. The Labute approximate surface area is 120 Å². The van der Waals surface area contributed by atoms with Gasteiger partial charge in [0.15, 0.2) is 6.61 Å².